The minimum Gasteiger partial charge on any atom is -1.00 e. The van der Waals surface area contributed by atoms with Crippen LogP contribution in [-0.4, -0.2) is 15.0 Å². The Balaban J connectivity index is 0. The van der Waals surface area contributed by atoms with Gasteiger partial charge >= 0.3 is 51.4 Å². The van der Waals surface area contributed by atoms with E-state index >= 15 is 0 Å². The van der Waals surface area contributed by atoms with Crippen molar-refractivity contribution in [1.29, 1.82) is 0 Å². The van der Waals surface area contributed by atoms with Gasteiger partial charge in [-0.3, -0.25) is 4.18 Å². The van der Waals surface area contributed by atoms with E-state index in [9.17, 15) is 8.42 Å². The molecule has 15 heavy (non-hydrogen) atoms. The SMILES string of the molecule is C=C(C)COS(=O)(=O)c1ccccc1.[H-].[K+]. The Morgan fingerprint density at radius 3 is 2.40 bits per heavy atom. The average molecular weight is 252 g/mol. The van der Waals surface area contributed by atoms with Gasteiger partial charge in [-0.1, -0.05) is 30.4 Å². The Kier molecular flexibility index (Phi) is 7.19. The summed E-state index contributed by atoms with van der Waals surface area (Å²) in [5.74, 6) is 0. The Morgan fingerprint density at radius 1 is 1.40 bits per heavy atom. The summed E-state index contributed by atoms with van der Waals surface area (Å²) in [4.78, 5) is 0.168. The maximum atomic E-state index is 11.5. The van der Waals surface area contributed by atoms with Crippen LogP contribution in [0.15, 0.2) is 47.4 Å². The van der Waals surface area contributed by atoms with Crippen molar-refractivity contribution in [2.45, 2.75) is 11.8 Å². The molecule has 0 aromatic heterocycles. The minimum atomic E-state index is -3.62. The van der Waals surface area contributed by atoms with Crippen molar-refractivity contribution in [3.8, 4) is 0 Å². The van der Waals surface area contributed by atoms with Gasteiger partial charge in [-0.2, -0.15) is 8.42 Å². The molecule has 0 amide bonds. The number of hydrogen-bond acceptors (Lipinski definition) is 3. The molecule has 0 fully saturated rings. The Bertz CT molecular complexity index is 417. The first-order valence-electron chi connectivity index (χ1n) is 4.11. The first-order valence-corrected chi connectivity index (χ1v) is 5.52. The van der Waals surface area contributed by atoms with E-state index < -0.39 is 10.1 Å². The van der Waals surface area contributed by atoms with Crippen molar-refractivity contribution in [2.75, 3.05) is 6.61 Å². The average Bonchev–Trinajstić information content (AvgIpc) is 2.16. The van der Waals surface area contributed by atoms with Crippen LogP contribution < -0.4 is 51.4 Å². The van der Waals surface area contributed by atoms with E-state index in [1.54, 1.807) is 25.1 Å². The molecule has 1 aromatic carbocycles. The van der Waals surface area contributed by atoms with E-state index in [-0.39, 0.29) is 64.3 Å². The molecule has 0 atom stereocenters. The molecule has 3 nitrogen and oxygen atoms in total. The predicted molar refractivity (Wildman–Crippen MR) is 55.5 cm³/mol. The summed E-state index contributed by atoms with van der Waals surface area (Å²) in [5.41, 5.74) is 0.671. The third-order valence-electron chi connectivity index (χ3n) is 1.49. The number of rotatable bonds is 4. The first-order chi connectivity index (χ1) is 6.52. The van der Waals surface area contributed by atoms with Crippen LogP contribution in [0.5, 0.6) is 0 Å². The molecule has 0 aliphatic carbocycles. The second-order valence-corrected chi connectivity index (χ2v) is 4.60. The van der Waals surface area contributed by atoms with Gasteiger partial charge in [0.15, 0.2) is 0 Å². The summed E-state index contributed by atoms with van der Waals surface area (Å²) in [6.07, 6.45) is 0. The standard InChI is InChI=1S/C10H12O3S.K.H/c1-9(2)8-13-14(11,12)10-6-4-3-5-7-10;;/h3-7H,1,8H2,2H3;;/q;+1;-1. The van der Waals surface area contributed by atoms with Gasteiger partial charge in [0.25, 0.3) is 10.1 Å². The molecule has 0 aliphatic rings. The summed E-state index contributed by atoms with van der Waals surface area (Å²) in [7, 11) is -3.62. The van der Waals surface area contributed by atoms with E-state index in [0.717, 1.165) is 0 Å². The fourth-order valence-electron chi connectivity index (χ4n) is 0.833. The van der Waals surface area contributed by atoms with Gasteiger partial charge in [-0.25, -0.2) is 0 Å². The van der Waals surface area contributed by atoms with E-state index in [4.69, 9.17) is 4.18 Å². The van der Waals surface area contributed by atoms with Crippen LogP contribution in [0.4, 0.5) is 0 Å². The van der Waals surface area contributed by atoms with Crippen molar-refractivity contribution < 1.29 is 65.4 Å². The van der Waals surface area contributed by atoms with E-state index in [1.165, 1.54) is 12.1 Å². The molecular weight excluding hydrogens is 239 g/mol. The Morgan fingerprint density at radius 2 is 1.93 bits per heavy atom. The van der Waals surface area contributed by atoms with Crippen molar-refractivity contribution in [1.82, 2.24) is 0 Å². The largest absolute Gasteiger partial charge is 1.00 e. The van der Waals surface area contributed by atoms with Gasteiger partial charge in [0.1, 0.15) is 0 Å². The van der Waals surface area contributed by atoms with Crippen LogP contribution in [0, 0.1) is 0 Å². The summed E-state index contributed by atoms with van der Waals surface area (Å²) >= 11 is 0. The van der Waals surface area contributed by atoms with E-state index in [2.05, 4.69) is 6.58 Å². The van der Waals surface area contributed by atoms with E-state index in [0.29, 0.717) is 5.57 Å². The van der Waals surface area contributed by atoms with Crippen molar-refractivity contribution in [3.05, 3.63) is 42.5 Å². The first kappa shape index (κ1) is 15.5. The van der Waals surface area contributed by atoms with Gasteiger partial charge in [0, 0.05) is 0 Å². The zero-order valence-corrected chi connectivity index (χ0v) is 12.9. The topological polar surface area (TPSA) is 43.4 Å². The fourth-order valence-corrected chi connectivity index (χ4v) is 1.82. The molecule has 0 N–H and O–H groups in total. The second-order valence-electron chi connectivity index (χ2n) is 2.99. The van der Waals surface area contributed by atoms with Crippen LogP contribution in [0.1, 0.15) is 8.35 Å². The van der Waals surface area contributed by atoms with Crippen LogP contribution in [0.3, 0.4) is 0 Å². The van der Waals surface area contributed by atoms with Crippen LogP contribution >= 0.6 is 0 Å². The zero-order valence-electron chi connectivity index (χ0n) is 9.93. The van der Waals surface area contributed by atoms with E-state index in [1.807, 2.05) is 0 Å². The molecule has 0 unspecified atom stereocenters. The summed E-state index contributed by atoms with van der Waals surface area (Å²) in [6, 6.07) is 8.04. The molecule has 0 saturated carbocycles. The number of hydrogen-bond donors (Lipinski definition) is 0. The van der Waals surface area contributed by atoms with Crippen LogP contribution in [-0.2, 0) is 14.3 Å². The van der Waals surface area contributed by atoms with Crippen LogP contribution in [0.2, 0.25) is 0 Å². The molecule has 0 spiro atoms. The molecule has 1 rings (SSSR count). The summed E-state index contributed by atoms with van der Waals surface area (Å²) in [5, 5.41) is 0. The summed E-state index contributed by atoms with van der Waals surface area (Å²) in [6.45, 7) is 5.30. The molecular formula is C10H13KO3S. The molecule has 1 aromatic rings. The van der Waals surface area contributed by atoms with Gasteiger partial charge in [0.05, 0.1) is 11.5 Å². The van der Waals surface area contributed by atoms with Crippen molar-refractivity contribution in [3.63, 3.8) is 0 Å². The normalized spacial score (nSPS) is 10.5. The molecule has 0 bridgehead atoms. The molecule has 5 heteroatoms. The third-order valence-corrected chi connectivity index (χ3v) is 2.77. The predicted octanol–water partition coefficient (Wildman–Crippen LogP) is -0.915. The second kappa shape index (κ2) is 6.95. The van der Waals surface area contributed by atoms with Crippen molar-refractivity contribution in [2.24, 2.45) is 0 Å². The van der Waals surface area contributed by atoms with Gasteiger partial charge in [-0.15, -0.1) is 0 Å². The molecule has 0 heterocycles. The van der Waals surface area contributed by atoms with Gasteiger partial charge in [-0.05, 0) is 19.1 Å². The van der Waals surface area contributed by atoms with Crippen molar-refractivity contribution >= 4 is 10.1 Å². The minimum absolute atomic E-state index is 0. The van der Waals surface area contributed by atoms with Crippen LogP contribution in [0.25, 0.3) is 0 Å². The number of benzene rings is 1. The summed E-state index contributed by atoms with van der Waals surface area (Å²) < 4.78 is 27.7. The smallest absolute Gasteiger partial charge is 1.00 e. The fraction of sp³-hybridized carbons (Fsp3) is 0.200. The molecule has 0 saturated heterocycles. The monoisotopic (exact) mass is 252 g/mol. The Labute approximate surface area is 135 Å². The third kappa shape index (κ3) is 5.40. The quantitative estimate of drug-likeness (QED) is 0.396. The molecule has 0 aliphatic heterocycles. The molecule has 0 radical (unpaired) electrons. The Hall–Kier alpha value is 0.506. The maximum absolute atomic E-state index is 11.5. The molecule has 78 valence electrons. The zero-order chi connectivity index (χ0) is 10.6. The van der Waals surface area contributed by atoms with Gasteiger partial charge in [0.2, 0.25) is 0 Å². The van der Waals surface area contributed by atoms with Gasteiger partial charge < -0.3 is 1.43 Å². The maximum Gasteiger partial charge on any atom is 1.00 e.